The van der Waals surface area contributed by atoms with Crippen molar-refractivity contribution in [2.45, 2.75) is 12.8 Å². The van der Waals surface area contributed by atoms with E-state index in [1.165, 1.54) is 42.6 Å². The van der Waals surface area contributed by atoms with Gasteiger partial charge in [-0.1, -0.05) is 12.1 Å². The summed E-state index contributed by atoms with van der Waals surface area (Å²) < 4.78 is 56.8. The molecule has 0 amide bonds. The number of hydrogen-bond donors (Lipinski definition) is 0. The number of benzene rings is 1. The van der Waals surface area contributed by atoms with Crippen LogP contribution in [0.15, 0.2) is 54.9 Å². The minimum Gasteiger partial charge on any atom is -0.489 e. The van der Waals surface area contributed by atoms with Crippen LogP contribution < -0.4 is 4.74 Å². The number of nitrogens with zero attached hydrogens (tertiary/aromatic N) is 3. The fourth-order valence-electron chi connectivity index (χ4n) is 2.38. The lowest BCUT2D eigenvalue weighted by atomic mass is 10.0. The van der Waals surface area contributed by atoms with Gasteiger partial charge in [0.2, 0.25) is 0 Å². The first-order valence-corrected chi connectivity index (χ1v) is 7.68. The molecule has 2 aromatic heterocycles. The molecule has 0 saturated carbocycles. The summed E-state index contributed by atoms with van der Waals surface area (Å²) in [5.74, 6) is -0.422. The SMILES string of the molecule is N#Cc1cc(-c2ccc(F)cc2)c(COc2ccnc(C(F)(F)F)c2)cn1. The first-order valence-electron chi connectivity index (χ1n) is 7.68. The zero-order valence-corrected chi connectivity index (χ0v) is 13.7. The molecule has 0 N–H and O–H groups in total. The lowest BCUT2D eigenvalue weighted by Gasteiger charge is -2.12. The largest absolute Gasteiger partial charge is 0.489 e. The van der Waals surface area contributed by atoms with Crippen molar-refractivity contribution in [3.63, 3.8) is 0 Å². The molecule has 0 radical (unpaired) electrons. The Labute approximate surface area is 151 Å². The van der Waals surface area contributed by atoms with Crippen LogP contribution >= 0.6 is 0 Å². The summed E-state index contributed by atoms with van der Waals surface area (Å²) in [6.07, 6.45) is -2.16. The molecule has 0 aliphatic rings. The molecule has 0 bridgehead atoms. The predicted molar refractivity (Wildman–Crippen MR) is 87.9 cm³/mol. The van der Waals surface area contributed by atoms with E-state index in [1.54, 1.807) is 0 Å². The average molecular weight is 373 g/mol. The van der Waals surface area contributed by atoms with Crippen LogP contribution in [0.1, 0.15) is 17.0 Å². The highest BCUT2D eigenvalue weighted by Crippen LogP contribution is 2.30. The van der Waals surface area contributed by atoms with Crippen molar-refractivity contribution >= 4 is 0 Å². The second kappa shape index (κ2) is 7.41. The van der Waals surface area contributed by atoms with E-state index in [-0.39, 0.29) is 18.1 Å². The summed E-state index contributed by atoms with van der Waals surface area (Å²) in [6.45, 7) is -0.0905. The first kappa shape index (κ1) is 18.3. The van der Waals surface area contributed by atoms with Gasteiger partial charge in [-0.3, -0.25) is 4.98 Å². The van der Waals surface area contributed by atoms with Gasteiger partial charge in [-0.25, -0.2) is 9.37 Å². The molecule has 0 atom stereocenters. The smallest absolute Gasteiger partial charge is 0.433 e. The molecule has 0 aliphatic heterocycles. The Morgan fingerprint density at radius 1 is 1.04 bits per heavy atom. The zero-order chi connectivity index (χ0) is 19.4. The number of aromatic nitrogens is 2. The van der Waals surface area contributed by atoms with Gasteiger partial charge in [0.15, 0.2) is 0 Å². The molecule has 0 fully saturated rings. The minimum atomic E-state index is -4.57. The molecule has 27 heavy (non-hydrogen) atoms. The third-order valence-corrected chi connectivity index (χ3v) is 3.67. The van der Waals surface area contributed by atoms with Crippen molar-refractivity contribution in [1.82, 2.24) is 9.97 Å². The van der Waals surface area contributed by atoms with E-state index in [0.29, 0.717) is 16.7 Å². The molecule has 8 heteroatoms. The topological polar surface area (TPSA) is 58.8 Å². The van der Waals surface area contributed by atoms with E-state index in [0.717, 1.165) is 12.3 Å². The molecule has 0 saturated heterocycles. The van der Waals surface area contributed by atoms with E-state index in [4.69, 9.17) is 10.00 Å². The normalized spacial score (nSPS) is 11.1. The van der Waals surface area contributed by atoms with Gasteiger partial charge in [0.1, 0.15) is 35.6 Å². The Kier molecular flexibility index (Phi) is 5.03. The van der Waals surface area contributed by atoms with E-state index < -0.39 is 17.7 Å². The summed E-state index contributed by atoms with van der Waals surface area (Å²) in [7, 11) is 0. The van der Waals surface area contributed by atoms with Gasteiger partial charge < -0.3 is 4.74 Å². The Morgan fingerprint density at radius 3 is 2.44 bits per heavy atom. The highest BCUT2D eigenvalue weighted by molar-refractivity contribution is 5.68. The molecule has 2 heterocycles. The number of halogens is 4. The standard InChI is InChI=1S/C19H11F4N3O/c20-14-3-1-12(2-4-14)17-7-15(9-24)26-10-13(17)11-27-16-5-6-25-18(8-16)19(21,22)23/h1-8,10H,11H2. The van der Waals surface area contributed by atoms with E-state index in [2.05, 4.69) is 9.97 Å². The van der Waals surface area contributed by atoms with Gasteiger partial charge in [0, 0.05) is 24.0 Å². The number of nitriles is 1. The monoisotopic (exact) mass is 373 g/mol. The number of rotatable bonds is 4. The van der Waals surface area contributed by atoms with Crippen LogP contribution in [-0.4, -0.2) is 9.97 Å². The Bertz CT molecular complexity index is 995. The summed E-state index contributed by atoms with van der Waals surface area (Å²) in [5, 5.41) is 9.04. The van der Waals surface area contributed by atoms with Gasteiger partial charge in [-0.15, -0.1) is 0 Å². The van der Waals surface area contributed by atoms with Crippen LogP contribution in [0.2, 0.25) is 0 Å². The van der Waals surface area contributed by atoms with Crippen molar-refractivity contribution in [3.8, 4) is 22.9 Å². The Balaban J connectivity index is 1.89. The Morgan fingerprint density at radius 2 is 1.78 bits per heavy atom. The van der Waals surface area contributed by atoms with Gasteiger partial charge in [-0.05, 0) is 35.4 Å². The highest BCUT2D eigenvalue weighted by Gasteiger charge is 2.32. The van der Waals surface area contributed by atoms with Crippen molar-refractivity contribution < 1.29 is 22.3 Å². The third kappa shape index (κ3) is 4.39. The second-order valence-corrected chi connectivity index (χ2v) is 5.51. The predicted octanol–water partition coefficient (Wildman–Crippen LogP) is 4.75. The fourth-order valence-corrected chi connectivity index (χ4v) is 2.38. The van der Waals surface area contributed by atoms with Crippen molar-refractivity contribution in [2.24, 2.45) is 0 Å². The maximum atomic E-state index is 13.2. The van der Waals surface area contributed by atoms with Crippen LogP contribution in [0.25, 0.3) is 11.1 Å². The third-order valence-electron chi connectivity index (χ3n) is 3.67. The summed E-state index contributed by atoms with van der Waals surface area (Å²) >= 11 is 0. The van der Waals surface area contributed by atoms with Crippen molar-refractivity contribution in [3.05, 3.63) is 77.6 Å². The van der Waals surface area contributed by atoms with Crippen LogP contribution in [0, 0.1) is 17.1 Å². The molecule has 0 spiro atoms. The maximum absolute atomic E-state index is 13.2. The van der Waals surface area contributed by atoms with Gasteiger partial charge in [0.25, 0.3) is 0 Å². The Hall–Kier alpha value is -3.47. The van der Waals surface area contributed by atoms with E-state index in [1.807, 2.05) is 6.07 Å². The van der Waals surface area contributed by atoms with Crippen LogP contribution in [0.3, 0.4) is 0 Å². The molecule has 3 rings (SSSR count). The molecule has 4 nitrogen and oxygen atoms in total. The quantitative estimate of drug-likeness (QED) is 0.619. The molecule has 1 aromatic carbocycles. The fraction of sp³-hybridized carbons (Fsp3) is 0.105. The molecular formula is C19H11F4N3O. The van der Waals surface area contributed by atoms with E-state index in [9.17, 15) is 17.6 Å². The highest BCUT2D eigenvalue weighted by atomic mass is 19.4. The van der Waals surface area contributed by atoms with Crippen LogP contribution in [-0.2, 0) is 12.8 Å². The average Bonchev–Trinajstić information content (AvgIpc) is 2.66. The number of ether oxygens (including phenoxy) is 1. The zero-order valence-electron chi connectivity index (χ0n) is 13.7. The molecule has 136 valence electrons. The molecule has 0 unspecified atom stereocenters. The first-order chi connectivity index (χ1) is 12.9. The maximum Gasteiger partial charge on any atom is 0.433 e. The second-order valence-electron chi connectivity index (χ2n) is 5.51. The van der Waals surface area contributed by atoms with E-state index >= 15 is 0 Å². The van der Waals surface area contributed by atoms with Crippen LogP contribution in [0.4, 0.5) is 17.6 Å². The summed E-state index contributed by atoms with van der Waals surface area (Å²) in [5.41, 5.74) is 0.829. The minimum absolute atomic E-state index is 0.00765. The lowest BCUT2D eigenvalue weighted by molar-refractivity contribution is -0.141. The molecule has 0 aliphatic carbocycles. The van der Waals surface area contributed by atoms with Gasteiger partial charge >= 0.3 is 6.18 Å². The number of pyridine rings is 2. The molecule has 3 aromatic rings. The van der Waals surface area contributed by atoms with Crippen molar-refractivity contribution in [2.75, 3.05) is 0 Å². The lowest BCUT2D eigenvalue weighted by Crippen LogP contribution is -2.08. The van der Waals surface area contributed by atoms with Gasteiger partial charge in [-0.2, -0.15) is 18.4 Å². The van der Waals surface area contributed by atoms with Crippen LogP contribution in [0.5, 0.6) is 5.75 Å². The van der Waals surface area contributed by atoms with Crippen molar-refractivity contribution in [1.29, 1.82) is 5.26 Å². The summed E-state index contributed by atoms with van der Waals surface area (Å²) in [6, 6.07) is 11.1. The molecular weight excluding hydrogens is 362 g/mol. The number of alkyl halides is 3. The summed E-state index contributed by atoms with van der Waals surface area (Å²) in [4.78, 5) is 7.24. The number of hydrogen-bond acceptors (Lipinski definition) is 4. The van der Waals surface area contributed by atoms with Gasteiger partial charge in [0.05, 0.1) is 0 Å².